The summed E-state index contributed by atoms with van der Waals surface area (Å²) in [6.07, 6.45) is -4.18. The van der Waals surface area contributed by atoms with Gasteiger partial charge in [-0.15, -0.1) is 0 Å². The van der Waals surface area contributed by atoms with Crippen molar-refractivity contribution in [2.75, 3.05) is 0 Å². The van der Waals surface area contributed by atoms with Crippen LogP contribution in [0.5, 0.6) is 0 Å². The monoisotopic (exact) mass is 230 g/mol. The SMILES string of the molecule is CC(=CC(F)(F)F)c1ccc(C(=O)O)cc1. The van der Waals surface area contributed by atoms with E-state index >= 15 is 0 Å². The summed E-state index contributed by atoms with van der Waals surface area (Å²) in [7, 11) is 0. The van der Waals surface area contributed by atoms with E-state index in [9.17, 15) is 18.0 Å². The van der Waals surface area contributed by atoms with Gasteiger partial charge in [0.1, 0.15) is 0 Å². The van der Waals surface area contributed by atoms with Crippen LogP contribution in [0.25, 0.3) is 5.57 Å². The molecule has 1 rings (SSSR count). The van der Waals surface area contributed by atoms with E-state index < -0.39 is 12.1 Å². The first-order valence-electron chi connectivity index (χ1n) is 4.39. The maximum Gasteiger partial charge on any atom is 0.410 e. The first kappa shape index (κ1) is 12.3. The summed E-state index contributed by atoms with van der Waals surface area (Å²) >= 11 is 0. The quantitative estimate of drug-likeness (QED) is 0.845. The van der Waals surface area contributed by atoms with Crippen molar-refractivity contribution in [3.63, 3.8) is 0 Å². The van der Waals surface area contributed by atoms with Crippen LogP contribution in [0.15, 0.2) is 30.3 Å². The molecule has 0 bridgehead atoms. The fraction of sp³-hybridized carbons (Fsp3) is 0.182. The highest BCUT2D eigenvalue weighted by molar-refractivity contribution is 5.88. The summed E-state index contributed by atoms with van der Waals surface area (Å²) in [5, 5.41) is 8.61. The Morgan fingerprint density at radius 2 is 1.62 bits per heavy atom. The zero-order valence-electron chi connectivity index (χ0n) is 8.38. The fourth-order valence-electron chi connectivity index (χ4n) is 1.20. The van der Waals surface area contributed by atoms with Crippen molar-refractivity contribution in [2.45, 2.75) is 13.1 Å². The van der Waals surface area contributed by atoms with Crippen LogP contribution >= 0.6 is 0 Å². The van der Waals surface area contributed by atoms with Gasteiger partial charge in [0.25, 0.3) is 0 Å². The van der Waals surface area contributed by atoms with Crippen LogP contribution in [-0.2, 0) is 0 Å². The maximum absolute atomic E-state index is 12.0. The number of carboxylic acid groups (broad SMARTS) is 1. The number of hydrogen-bond donors (Lipinski definition) is 1. The molecule has 0 fully saturated rings. The first-order valence-corrected chi connectivity index (χ1v) is 4.39. The molecule has 0 saturated carbocycles. The van der Waals surface area contributed by atoms with E-state index in [-0.39, 0.29) is 17.2 Å². The van der Waals surface area contributed by atoms with Crippen LogP contribution in [0.4, 0.5) is 13.2 Å². The molecule has 2 nitrogen and oxygen atoms in total. The third-order valence-corrected chi connectivity index (χ3v) is 1.97. The van der Waals surface area contributed by atoms with Gasteiger partial charge in [0.15, 0.2) is 0 Å². The highest BCUT2D eigenvalue weighted by Gasteiger charge is 2.23. The normalized spacial score (nSPS) is 12.6. The van der Waals surface area contributed by atoms with Crippen molar-refractivity contribution in [3.05, 3.63) is 41.5 Å². The average Bonchev–Trinajstić information content (AvgIpc) is 2.15. The highest BCUT2D eigenvalue weighted by Crippen LogP contribution is 2.23. The van der Waals surface area contributed by atoms with Gasteiger partial charge in [-0.1, -0.05) is 12.1 Å². The Bertz CT molecular complexity index is 416. The second kappa shape index (κ2) is 4.38. The molecule has 1 aromatic carbocycles. The molecule has 5 heteroatoms. The highest BCUT2D eigenvalue weighted by atomic mass is 19.4. The zero-order valence-corrected chi connectivity index (χ0v) is 8.38. The van der Waals surface area contributed by atoms with Gasteiger partial charge in [0.2, 0.25) is 0 Å². The largest absolute Gasteiger partial charge is 0.478 e. The molecule has 86 valence electrons. The number of allylic oxidation sites excluding steroid dienone is 2. The Morgan fingerprint density at radius 1 is 1.19 bits per heavy atom. The number of hydrogen-bond acceptors (Lipinski definition) is 1. The summed E-state index contributed by atoms with van der Waals surface area (Å²) in [5.74, 6) is -1.11. The molecule has 0 heterocycles. The van der Waals surface area contributed by atoms with E-state index in [0.717, 1.165) is 0 Å². The van der Waals surface area contributed by atoms with Crippen molar-refractivity contribution < 1.29 is 23.1 Å². The van der Waals surface area contributed by atoms with Gasteiger partial charge in [-0.25, -0.2) is 4.79 Å². The van der Waals surface area contributed by atoms with E-state index in [1.54, 1.807) is 0 Å². The van der Waals surface area contributed by atoms with Gasteiger partial charge >= 0.3 is 12.1 Å². The summed E-state index contributed by atoms with van der Waals surface area (Å²) < 4.78 is 36.1. The number of carboxylic acids is 1. The molecule has 0 aliphatic rings. The molecule has 0 unspecified atom stereocenters. The molecular formula is C11H9F3O2. The van der Waals surface area contributed by atoms with E-state index in [2.05, 4.69) is 0 Å². The molecule has 0 spiro atoms. The van der Waals surface area contributed by atoms with Crippen LogP contribution in [0.1, 0.15) is 22.8 Å². The van der Waals surface area contributed by atoms with Crippen LogP contribution in [-0.4, -0.2) is 17.3 Å². The number of carbonyl (C=O) groups is 1. The molecule has 0 aromatic heterocycles. The van der Waals surface area contributed by atoms with Gasteiger partial charge in [-0.2, -0.15) is 13.2 Å². The Hall–Kier alpha value is -1.78. The van der Waals surface area contributed by atoms with Gasteiger partial charge in [0.05, 0.1) is 5.56 Å². The van der Waals surface area contributed by atoms with E-state index in [0.29, 0.717) is 5.56 Å². The van der Waals surface area contributed by atoms with Crippen molar-refractivity contribution in [1.29, 1.82) is 0 Å². The Labute approximate surface area is 90.0 Å². The van der Waals surface area contributed by atoms with Gasteiger partial charge in [-0.3, -0.25) is 0 Å². The first-order chi connectivity index (χ1) is 7.29. The number of halogens is 3. The second-order valence-corrected chi connectivity index (χ2v) is 3.25. The molecule has 0 aliphatic carbocycles. The van der Waals surface area contributed by atoms with Crippen LogP contribution < -0.4 is 0 Å². The third-order valence-electron chi connectivity index (χ3n) is 1.97. The molecule has 0 aliphatic heterocycles. The molecule has 16 heavy (non-hydrogen) atoms. The summed E-state index contributed by atoms with van der Waals surface area (Å²) in [6.45, 7) is 1.32. The minimum absolute atomic E-state index is 0.0450. The fourth-order valence-corrected chi connectivity index (χ4v) is 1.20. The number of benzene rings is 1. The van der Waals surface area contributed by atoms with Crippen molar-refractivity contribution in [2.24, 2.45) is 0 Å². The van der Waals surface area contributed by atoms with E-state index in [1.807, 2.05) is 0 Å². The maximum atomic E-state index is 12.0. The van der Waals surface area contributed by atoms with Crippen molar-refractivity contribution in [1.82, 2.24) is 0 Å². The molecule has 0 saturated heterocycles. The van der Waals surface area contributed by atoms with Gasteiger partial charge < -0.3 is 5.11 Å². The number of rotatable bonds is 2. The summed E-state index contributed by atoms with van der Waals surface area (Å²) in [5.41, 5.74) is 0.440. The second-order valence-electron chi connectivity index (χ2n) is 3.25. The summed E-state index contributed by atoms with van der Waals surface area (Å²) in [6, 6.07) is 5.23. The third kappa shape index (κ3) is 3.42. The predicted molar refractivity (Wildman–Crippen MR) is 53.1 cm³/mol. The van der Waals surface area contributed by atoms with Crippen LogP contribution in [0.3, 0.4) is 0 Å². The zero-order chi connectivity index (χ0) is 12.3. The lowest BCUT2D eigenvalue weighted by molar-refractivity contribution is -0.0793. The standard InChI is InChI=1S/C11H9F3O2/c1-7(6-11(12,13)14)8-2-4-9(5-3-8)10(15)16/h2-6H,1H3,(H,15,16). The summed E-state index contributed by atoms with van der Waals surface area (Å²) in [4.78, 5) is 10.5. The predicted octanol–water partition coefficient (Wildman–Crippen LogP) is 3.35. The lowest BCUT2D eigenvalue weighted by Gasteiger charge is -2.04. The number of aromatic carboxylic acids is 1. The molecule has 0 amide bonds. The average molecular weight is 230 g/mol. The molecule has 1 N–H and O–H groups in total. The van der Waals surface area contributed by atoms with Gasteiger partial charge in [0, 0.05) is 6.08 Å². The molecule has 0 atom stereocenters. The number of alkyl halides is 3. The molecule has 1 aromatic rings. The molecular weight excluding hydrogens is 221 g/mol. The minimum Gasteiger partial charge on any atom is -0.478 e. The Morgan fingerprint density at radius 3 is 2.00 bits per heavy atom. The topological polar surface area (TPSA) is 37.3 Å². The Balaban J connectivity index is 2.99. The van der Waals surface area contributed by atoms with Crippen molar-refractivity contribution in [3.8, 4) is 0 Å². The Kier molecular flexibility index (Phi) is 3.37. The van der Waals surface area contributed by atoms with Crippen molar-refractivity contribution >= 4 is 11.5 Å². The van der Waals surface area contributed by atoms with E-state index in [1.165, 1.54) is 31.2 Å². The lowest BCUT2D eigenvalue weighted by atomic mass is 10.1. The van der Waals surface area contributed by atoms with Gasteiger partial charge in [-0.05, 0) is 30.2 Å². The smallest absolute Gasteiger partial charge is 0.410 e. The molecule has 0 radical (unpaired) electrons. The van der Waals surface area contributed by atoms with Crippen LogP contribution in [0.2, 0.25) is 0 Å². The van der Waals surface area contributed by atoms with Crippen LogP contribution in [0, 0.1) is 0 Å². The lowest BCUT2D eigenvalue weighted by Crippen LogP contribution is -2.02. The van der Waals surface area contributed by atoms with E-state index in [4.69, 9.17) is 5.11 Å². The minimum atomic E-state index is -4.37.